The molecule has 9 heteroatoms. The predicted octanol–water partition coefficient (Wildman–Crippen LogP) is 4.46. The van der Waals surface area contributed by atoms with Crippen molar-refractivity contribution in [1.29, 1.82) is 0 Å². The van der Waals surface area contributed by atoms with Gasteiger partial charge in [0.15, 0.2) is 5.11 Å². The van der Waals surface area contributed by atoms with E-state index in [1.165, 1.54) is 0 Å². The fourth-order valence-electron chi connectivity index (χ4n) is 2.93. The maximum Gasteiger partial charge on any atom is 0.257 e. The number of hydrogen-bond acceptors (Lipinski definition) is 5. The van der Waals surface area contributed by atoms with Gasteiger partial charge in [-0.1, -0.05) is 11.6 Å². The zero-order valence-corrected chi connectivity index (χ0v) is 19.0. The maximum atomic E-state index is 12.6. The Labute approximate surface area is 188 Å². The highest BCUT2D eigenvalue weighted by molar-refractivity contribution is 9.10. The predicted molar refractivity (Wildman–Crippen MR) is 123 cm³/mol. The van der Waals surface area contributed by atoms with E-state index in [1.807, 2.05) is 19.1 Å². The molecule has 0 radical (unpaired) electrons. The Morgan fingerprint density at radius 2 is 2.03 bits per heavy atom. The minimum Gasteiger partial charge on any atom is -0.493 e. The summed E-state index contributed by atoms with van der Waals surface area (Å²) < 4.78 is 11.6. The molecule has 6 nitrogen and oxygen atoms in total. The SMILES string of the molecule is CCOc1ccc(C(=O)NC(=S)Nc2cc(Cl)ccc2N2CCOCC2)cc1Br. The Morgan fingerprint density at radius 3 is 2.72 bits per heavy atom. The molecular weight excluding hydrogens is 478 g/mol. The Morgan fingerprint density at radius 1 is 1.28 bits per heavy atom. The molecule has 0 unspecified atom stereocenters. The number of amides is 1. The Balaban J connectivity index is 1.69. The van der Waals surface area contributed by atoms with Crippen LogP contribution in [0.5, 0.6) is 5.75 Å². The third kappa shape index (κ3) is 5.82. The lowest BCUT2D eigenvalue weighted by molar-refractivity contribution is 0.0977. The first-order valence-electron chi connectivity index (χ1n) is 9.15. The van der Waals surface area contributed by atoms with Crippen LogP contribution < -0.4 is 20.3 Å². The largest absolute Gasteiger partial charge is 0.493 e. The highest BCUT2D eigenvalue weighted by Gasteiger charge is 2.17. The zero-order chi connectivity index (χ0) is 20.8. The molecule has 1 saturated heterocycles. The number of nitrogens with zero attached hydrogens (tertiary/aromatic N) is 1. The second-order valence-electron chi connectivity index (χ2n) is 6.25. The first-order chi connectivity index (χ1) is 14.0. The molecule has 2 aromatic carbocycles. The summed E-state index contributed by atoms with van der Waals surface area (Å²) in [6, 6.07) is 10.7. The normalized spacial score (nSPS) is 13.7. The first-order valence-corrected chi connectivity index (χ1v) is 10.7. The lowest BCUT2D eigenvalue weighted by Crippen LogP contribution is -2.38. The van der Waals surface area contributed by atoms with Crippen LogP contribution >= 0.6 is 39.7 Å². The second-order valence-corrected chi connectivity index (χ2v) is 7.95. The number of thiocarbonyl (C=S) groups is 1. The van der Waals surface area contributed by atoms with Gasteiger partial charge in [0.1, 0.15) is 5.75 Å². The van der Waals surface area contributed by atoms with Crippen LogP contribution in [0.25, 0.3) is 0 Å². The van der Waals surface area contributed by atoms with Crippen molar-refractivity contribution in [2.45, 2.75) is 6.92 Å². The fraction of sp³-hybridized carbons (Fsp3) is 0.300. The van der Waals surface area contributed by atoms with Crippen molar-refractivity contribution in [3.05, 3.63) is 51.5 Å². The molecule has 1 aliphatic rings. The lowest BCUT2D eigenvalue weighted by Gasteiger charge is -2.30. The van der Waals surface area contributed by atoms with Gasteiger partial charge < -0.3 is 19.7 Å². The molecule has 3 rings (SSSR count). The van der Waals surface area contributed by atoms with E-state index >= 15 is 0 Å². The van der Waals surface area contributed by atoms with Gasteiger partial charge in [-0.2, -0.15) is 0 Å². The second kappa shape index (κ2) is 10.2. The molecule has 0 bridgehead atoms. The van der Waals surface area contributed by atoms with Gasteiger partial charge in [-0.15, -0.1) is 0 Å². The number of anilines is 2. The Bertz CT molecular complexity index is 907. The van der Waals surface area contributed by atoms with Crippen molar-refractivity contribution in [3.8, 4) is 5.75 Å². The molecule has 29 heavy (non-hydrogen) atoms. The van der Waals surface area contributed by atoms with Crippen LogP contribution in [-0.2, 0) is 4.74 Å². The standard InChI is InChI=1S/C20H21BrClN3O3S/c1-2-28-18-6-3-13(11-15(18)21)19(26)24-20(29)23-16-12-14(22)4-5-17(16)25-7-9-27-10-8-25/h3-6,11-12H,2,7-10H2,1H3,(H2,23,24,26,29). The number of rotatable bonds is 5. The molecule has 0 spiro atoms. The van der Waals surface area contributed by atoms with Crippen LogP contribution in [0.1, 0.15) is 17.3 Å². The van der Waals surface area contributed by atoms with Crippen LogP contribution in [0.2, 0.25) is 5.02 Å². The van der Waals surface area contributed by atoms with Crippen LogP contribution in [-0.4, -0.2) is 43.9 Å². The van der Waals surface area contributed by atoms with Crippen molar-refractivity contribution in [2.24, 2.45) is 0 Å². The number of carbonyl (C=O) groups excluding carboxylic acids is 1. The molecule has 0 saturated carbocycles. The molecule has 0 atom stereocenters. The van der Waals surface area contributed by atoms with Crippen LogP contribution in [0.4, 0.5) is 11.4 Å². The van der Waals surface area contributed by atoms with Crippen LogP contribution in [0, 0.1) is 0 Å². The van der Waals surface area contributed by atoms with Gasteiger partial charge in [-0.05, 0) is 71.5 Å². The molecule has 1 amide bonds. The highest BCUT2D eigenvalue weighted by atomic mass is 79.9. The molecule has 2 aromatic rings. The summed E-state index contributed by atoms with van der Waals surface area (Å²) in [5.41, 5.74) is 2.15. The van der Waals surface area contributed by atoms with Gasteiger partial charge in [0.2, 0.25) is 0 Å². The highest BCUT2D eigenvalue weighted by Crippen LogP contribution is 2.30. The van der Waals surface area contributed by atoms with E-state index in [0.29, 0.717) is 40.6 Å². The molecule has 0 aromatic heterocycles. The Hall–Kier alpha value is -1.87. The van der Waals surface area contributed by atoms with Gasteiger partial charge in [0.05, 0.1) is 35.7 Å². The van der Waals surface area contributed by atoms with E-state index in [4.69, 9.17) is 33.3 Å². The number of hydrogen-bond donors (Lipinski definition) is 2. The van der Waals surface area contributed by atoms with Crippen LogP contribution in [0.3, 0.4) is 0 Å². The van der Waals surface area contributed by atoms with E-state index in [1.54, 1.807) is 24.3 Å². The molecule has 0 aliphatic carbocycles. The zero-order valence-electron chi connectivity index (χ0n) is 15.8. The van der Waals surface area contributed by atoms with E-state index in [0.717, 1.165) is 24.5 Å². The average Bonchev–Trinajstić information content (AvgIpc) is 2.70. The summed E-state index contributed by atoms with van der Waals surface area (Å²) in [5, 5.41) is 6.57. The average molecular weight is 499 g/mol. The van der Waals surface area contributed by atoms with Crippen molar-refractivity contribution in [3.63, 3.8) is 0 Å². The minimum atomic E-state index is -0.318. The number of morpholine rings is 1. The Kier molecular flexibility index (Phi) is 7.71. The number of ether oxygens (including phenoxy) is 2. The van der Waals surface area contributed by atoms with Crippen molar-refractivity contribution < 1.29 is 14.3 Å². The first kappa shape index (κ1) is 21.8. The van der Waals surface area contributed by atoms with Gasteiger partial charge in [0, 0.05) is 23.7 Å². The van der Waals surface area contributed by atoms with Crippen molar-refractivity contribution >= 4 is 62.1 Å². The topological polar surface area (TPSA) is 62.8 Å². The summed E-state index contributed by atoms with van der Waals surface area (Å²) in [6.07, 6.45) is 0. The summed E-state index contributed by atoms with van der Waals surface area (Å²) >= 11 is 14.9. The molecular formula is C20H21BrClN3O3S. The summed E-state index contributed by atoms with van der Waals surface area (Å²) in [7, 11) is 0. The molecule has 1 heterocycles. The maximum absolute atomic E-state index is 12.6. The third-order valence-electron chi connectivity index (χ3n) is 4.28. The minimum absolute atomic E-state index is 0.191. The van der Waals surface area contributed by atoms with E-state index in [-0.39, 0.29) is 11.0 Å². The lowest BCUT2D eigenvalue weighted by atomic mass is 10.2. The number of carbonyl (C=O) groups is 1. The smallest absolute Gasteiger partial charge is 0.257 e. The van der Waals surface area contributed by atoms with Gasteiger partial charge in [-0.3, -0.25) is 10.1 Å². The molecule has 2 N–H and O–H groups in total. The van der Waals surface area contributed by atoms with E-state index in [9.17, 15) is 4.79 Å². The summed E-state index contributed by atoms with van der Waals surface area (Å²) in [6.45, 7) is 5.32. The molecule has 154 valence electrons. The monoisotopic (exact) mass is 497 g/mol. The summed E-state index contributed by atoms with van der Waals surface area (Å²) in [4.78, 5) is 14.8. The number of nitrogens with one attached hydrogen (secondary N) is 2. The third-order valence-corrected chi connectivity index (χ3v) is 5.34. The number of halogens is 2. The fourth-order valence-corrected chi connectivity index (χ4v) is 3.80. The van der Waals surface area contributed by atoms with E-state index in [2.05, 4.69) is 31.5 Å². The van der Waals surface area contributed by atoms with Gasteiger partial charge >= 0.3 is 0 Å². The molecule has 1 aliphatic heterocycles. The van der Waals surface area contributed by atoms with Gasteiger partial charge in [-0.25, -0.2) is 0 Å². The van der Waals surface area contributed by atoms with E-state index < -0.39 is 0 Å². The summed E-state index contributed by atoms with van der Waals surface area (Å²) in [5.74, 6) is 0.361. The van der Waals surface area contributed by atoms with Crippen molar-refractivity contribution in [2.75, 3.05) is 43.1 Å². The molecule has 1 fully saturated rings. The van der Waals surface area contributed by atoms with Crippen LogP contribution in [0.15, 0.2) is 40.9 Å². The number of benzene rings is 2. The van der Waals surface area contributed by atoms with Crippen molar-refractivity contribution in [1.82, 2.24) is 5.32 Å². The quantitative estimate of drug-likeness (QED) is 0.593. The van der Waals surface area contributed by atoms with Gasteiger partial charge in [0.25, 0.3) is 5.91 Å².